The van der Waals surface area contributed by atoms with Crippen LogP contribution in [0.3, 0.4) is 0 Å². The summed E-state index contributed by atoms with van der Waals surface area (Å²) < 4.78 is 5.50. The number of aromatic nitrogens is 2. The Hall–Kier alpha value is -1.88. The maximum Gasteiger partial charge on any atom is 0.172 e. The minimum atomic E-state index is 0.759. The Morgan fingerprint density at radius 1 is 1.00 bits per heavy atom. The molecule has 0 aliphatic carbocycles. The third kappa shape index (κ3) is 3.55. The van der Waals surface area contributed by atoms with E-state index in [1.807, 2.05) is 24.3 Å². The van der Waals surface area contributed by atoms with Crippen LogP contribution in [0, 0.1) is 0 Å². The predicted octanol–water partition coefficient (Wildman–Crippen LogP) is 3.09. The van der Waals surface area contributed by atoms with Crippen LogP contribution in [0.25, 0.3) is 11.0 Å². The predicted molar refractivity (Wildman–Crippen MR) is 95.4 cm³/mol. The summed E-state index contributed by atoms with van der Waals surface area (Å²) in [6, 6.07) is 8.14. The fraction of sp³-hybridized carbons (Fsp3) is 0.556. The highest BCUT2D eigenvalue weighted by atomic mass is 16.5. The van der Waals surface area contributed by atoms with Crippen molar-refractivity contribution in [1.29, 1.82) is 0 Å². The van der Waals surface area contributed by atoms with Gasteiger partial charge in [-0.15, -0.1) is 0 Å². The van der Waals surface area contributed by atoms with Gasteiger partial charge in [0.15, 0.2) is 11.6 Å². The first kappa shape index (κ1) is 16.0. The first-order valence-corrected chi connectivity index (χ1v) is 8.68. The van der Waals surface area contributed by atoms with Crippen LogP contribution in [0.2, 0.25) is 0 Å². The number of anilines is 2. The molecular formula is C18H26N4O. The zero-order valence-corrected chi connectivity index (χ0v) is 14.2. The summed E-state index contributed by atoms with van der Waals surface area (Å²) in [7, 11) is 0. The molecule has 124 valence electrons. The molecule has 1 fully saturated rings. The molecular weight excluding hydrogens is 288 g/mol. The van der Waals surface area contributed by atoms with Crippen molar-refractivity contribution >= 4 is 22.7 Å². The van der Waals surface area contributed by atoms with E-state index in [4.69, 9.17) is 14.7 Å². The molecule has 1 aliphatic rings. The van der Waals surface area contributed by atoms with Gasteiger partial charge in [-0.3, -0.25) is 0 Å². The van der Waals surface area contributed by atoms with Crippen LogP contribution in [0.4, 0.5) is 11.6 Å². The third-order valence-electron chi connectivity index (χ3n) is 4.13. The van der Waals surface area contributed by atoms with Gasteiger partial charge in [0.2, 0.25) is 0 Å². The maximum atomic E-state index is 5.50. The fourth-order valence-corrected chi connectivity index (χ4v) is 3.04. The lowest BCUT2D eigenvalue weighted by molar-refractivity contribution is 0.122. The van der Waals surface area contributed by atoms with Gasteiger partial charge in [-0.1, -0.05) is 26.0 Å². The molecule has 1 aromatic carbocycles. The van der Waals surface area contributed by atoms with E-state index in [0.29, 0.717) is 0 Å². The van der Waals surface area contributed by atoms with Crippen LogP contribution in [0.15, 0.2) is 24.3 Å². The standard InChI is InChI=1S/C18H26N4O/c1-3-9-21(10-4-2)17-18(22-11-13-23-14-12-22)20-16-8-6-5-7-15(16)19-17/h5-8H,3-4,9-14H2,1-2H3. The summed E-state index contributed by atoms with van der Waals surface area (Å²) in [5.74, 6) is 2.03. The molecule has 5 nitrogen and oxygen atoms in total. The minimum absolute atomic E-state index is 0.759. The Labute approximate surface area is 138 Å². The van der Waals surface area contributed by atoms with Crippen molar-refractivity contribution < 1.29 is 4.74 Å². The molecule has 0 atom stereocenters. The smallest absolute Gasteiger partial charge is 0.172 e. The van der Waals surface area contributed by atoms with E-state index in [0.717, 1.165) is 74.9 Å². The molecule has 0 bridgehead atoms. The normalized spacial score (nSPS) is 15.1. The SMILES string of the molecule is CCCN(CCC)c1nc2ccccc2nc1N1CCOCC1. The van der Waals surface area contributed by atoms with Crippen LogP contribution in [-0.4, -0.2) is 49.4 Å². The van der Waals surface area contributed by atoms with Gasteiger partial charge in [-0.2, -0.15) is 0 Å². The molecule has 0 unspecified atom stereocenters. The second kappa shape index (κ2) is 7.59. The van der Waals surface area contributed by atoms with Gasteiger partial charge in [-0.25, -0.2) is 9.97 Å². The summed E-state index contributed by atoms with van der Waals surface area (Å²) >= 11 is 0. The largest absolute Gasteiger partial charge is 0.378 e. The number of rotatable bonds is 6. The lowest BCUT2D eigenvalue weighted by Gasteiger charge is -2.32. The molecule has 5 heteroatoms. The number of fused-ring (bicyclic) bond motifs is 1. The molecule has 0 saturated carbocycles. The van der Waals surface area contributed by atoms with Crippen molar-refractivity contribution in [3.05, 3.63) is 24.3 Å². The number of morpholine rings is 1. The molecule has 2 heterocycles. The second-order valence-corrected chi connectivity index (χ2v) is 5.95. The highest BCUT2D eigenvalue weighted by Crippen LogP contribution is 2.29. The van der Waals surface area contributed by atoms with Gasteiger partial charge in [0.05, 0.1) is 24.2 Å². The van der Waals surface area contributed by atoms with Crippen molar-refractivity contribution in [1.82, 2.24) is 9.97 Å². The van der Waals surface area contributed by atoms with E-state index in [9.17, 15) is 0 Å². The van der Waals surface area contributed by atoms with Crippen molar-refractivity contribution in [2.75, 3.05) is 49.2 Å². The molecule has 0 spiro atoms. The van der Waals surface area contributed by atoms with E-state index >= 15 is 0 Å². The molecule has 1 saturated heterocycles. The van der Waals surface area contributed by atoms with E-state index in [2.05, 4.69) is 23.6 Å². The quantitative estimate of drug-likeness (QED) is 0.819. The molecule has 0 N–H and O–H groups in total. The maximum absolute atomic E-state index is 5.50. The number of para-hydroxylation sites is 2. The summed E-state index contributed by atoms with van der Waals surface area (Å²) in [5, 5.41) is 0. The fourth-order valence-electron chi connectivity index (χ4n) is 3.04. The van der Waals surface area contributed by atoms with Crippen LogP contribution in [-0.2, 0) is 4.74 Å². The summed E-state index contributed by atoms with van der Waals surface area (Å²) in [5.41, 5.74) is 1.93. The zero-order chi connectivity index (χ0) is 16.1. The lowest BCUT2D eigenvalue weighted by atomic mass is 10.2. The van der Waals surface area contributed by atoms with Crippen LogP contribution in [0.5, 0.6) is 0 Å². The Balaban J connectivity index is 2.07. The van der Waals surface area contributed by atoms with E-state index in [1.54, 1.807) is 0 Å². The number of benzene rings is 1. The first-order chi connectivity index (χ1) is 11.3. The van der Waals surface area contributed by atoms with Crippen LogP contribution < -0.4 is 9.80 Å². The van der Waals surface area contributed by atoms with Gasteiger partial charge in [-0.05, 0) is 25.0 Å². The number of nitrogens with zero attached hydrogens (tertiary/aromatic N) is 4. The highest BCUT2D eigenvalue weighted by Gasteiger charge is 2.21. The molecule has 3 rings (SSSR count). The first-order valence-electron chi connectivity index (χ1n) is 8.68. The second-order valence-electron chi connectivity index (χ2n) is 5.95. The van der Waals surface area contributed by atoms with E-state index < -0.39 is 0 Å². The van der Waals surface area contributed by atoms with Gasteiger partial charge in [0.25, 0.3) is 0 Å². The van der Waals surface area contributed by atoms with E-state index in [-0.39, 0.29) is 0 Å². The number of ether oxygens (including phenoxy) is 1. The zero-order valence-electron chi connectivity index (χ0n) is 14.2. The molecule has 0 amide bonds. The Kier molecular flexibility index (Phi) is 5.28. The summed E-state index contributed by atoms with van der Waals surface area (Å²) in [6.45, 7) is 9.73. The third-order valence-corrected chi connectivity index (χ3v) is 4.13. The highest BCUT2D eigenvalue weighted by molar-refractivity contribution is 5.81. The van der Waals surface area contributed by atoms with Crippen molar-refractivity contribution in [3.63, 3.8) is 0 Å². The molecule has 2 aromatic rings. The van der Waals surface area contributed by atoms with Gasteiger partial charge < -0.3 is 14.5 Å². The molecule has 1 aliphatic heterocycles. The number of hydrogen-bond donors (Lipinski definition) is 0. The number of hydrogen-bond acceptors (Lipinski definition) is 5. The lowest BCUT2D eigenvalue weighted by Crippen LogP contribution is -2.39. The van der Waals surface area contributed by atoms with Crippen molar-refractivity contribution in [2.45, 2.75) is 26.7 Å². The van der Waals surface area contributed by atoms with Crippen molar-refractivity contribution in [2.24, 2.45) is 0 Å². The average molecular weight is 314 g/mol. The summed E-state index contributed by atoms with van der Waals surface area (Å²) in [6.07, 6.45) is 2.22. The van der Waals surface area contributed by atoms with Crippen molar-refractivity contribution in [3.8, 4) is 0 Å². The molecule has 23 heavy (non-hydrogen) atoms. The molecule has 1 aromatic heterocycles. The minimum Gasteiger partial charge on any atom is -0.378 e. The summed E-state index contributed by atoms with van der Waals surface area (Å²) in [4.78, 5) is 14.6. The van der Waals surface area contributed by atoms with E-state index in [1.165, 1.54) is 0 Å². The Morgan fingerprint density at radius 3 is 2.22 bits per heavy atom. The average Bonchev–Trinajstić information content (AvgIpc) is 2.61. The molecule has 0 radical (unpaired) electrons. The van der Waals surface area contributed by atoms with Gasteiger partial charge in [0, 0.05) is 26.2 Å². The van der Waals surface area contributed by atoms with Gasteiger partial charge in [0.1, 0.15) is 0 Å². The van der Waals surface area contributed by atoms with Crippen LogP contribution in [0.1, 0.15) is 26.7 Å². The van der Waals surface area contributed by atoms with Gasteiger partial charge >= 0.3 is 0 Å². The van der Waals surface area contributed by atoms with Crippen LogP contribution >= 0.6 is 0 Å². The topological polar surface area (TPSA) is 41.5 Å². The monoisotopic (exact) mass is 314 g/mol. The Morgan fingerprint density at radius 2 is 1.61 bits per heavy atom. The Bertz CT molecular complexity index is 634.